The standard InChI is InChI=1S/C16H14F4N2O/c1-10-2-5-13(8-14(10)17)21-9-15(23)22-12-6-3-11(4-7-12)16(18,19)20/h2-8,21H,9H2,1H3,(H,22,23). The van der Waals surface area contributed by atoms with E-state index >= 15 is 0 Å². The number of hydrogen-bond acceptors (Lipinski definition) is 2. The van der Waals surface area contributed by atoms with Gasteiger partial charge in [-0.15, -0.1) is 0 Å². The second kappa shape index (κ2) is 6.68. The molecule has 0 fully saturated rings. The van der Waals surface area contributed by atoms with Crippen molar-refractivity contribution in [3.05, 3.63) is 59.4 Å². The van der Waals surface area contributed by atoms with Gasteiger partial charge in [0.15, 0.2) is 0 Å². The molecule has 0 saturated carbocycles. The molecule has 122 valence electrons. The minimum atomic E-state index is -4.42. The Morgan fingerprint density at radius 1 is 1.04 bits per heavy atom. The van der Waals surface area contributed by atoms with Gasteiger partial charge in [-0.3, -0.25) is 4.79 Å². The number of aryl methyl sites for hydroxylation is 1. The molecule has 2 N–H and O–H groups in total. The van der Waals surface area contributed by atoms with E-state index in [0.717, 1.165) is 12.1 Å². The Kier molecular flexibility index (Phi) is 4.88. The van der Waals surface area contributed by atoms with Gasteiger partial charge in [-0.2, -0.15) is 13.2 Å². The van der Waals surface area contributed by atoms with Crippen molar-refractivity contribution in [2.75, 3.05) is 17.2 Å². The lowest BCUT2D eigenvalue weighted by Gasteiger charge is -2.10. The summed E-state index contributed by atoms with van der Waals surface area (Å²) in [5.41, 5.74) is 0.393. The van der Waals surface area contributed by atoms with Crippen molar-refractivity contribution < 1.29 is 22.4 Å². The smallest absolute Gasteiger partial charge is 0.376 e. The first-order chi connectivity index (χ1) is 10.8. The maximum absolute atomic E-state index is 13.4. The average Bonchev–Trinajstić information content (AvgIpc) is 2.48. The molecule has 0 heterocycles. The van der Waals surface area contributed by atoms with E-state index in [0.29, 0.717) is 11.3 Å². The number of alkyl halides is 3. The Morgan fingerprint density at radius 3 is 2.22 bits per heavy atom. The van der Waals surface area contributed by atoms with Crippen LogP contribution in [0.2, 0.25) is 0 Å². The third-order valence-corrected chi connectivity index (χ3v) is 3.12. The summed E-state index contributed by atoms with van der Waals surface area (Å²) in [4.78, 5) is 11.7. The quantitative estimate of drug-likeness (QED) is 0.827. The van der Waals surface area contributed by atoms with Gasteiger partial charge in [0, 0.05) is 11.4 Å². The summed E-state index contributed by atoms with van der Waals surface area (Å²) < 4.78 is 50.6. The zero-order valence-electron chi connectivity index (χ0n) is 12.2. The largest absolute Gasteiger partial charge is 0.416 e. The van der Waals surface area contributed by atoms with E-state index in [1.165, 1.54) is 18.2 Å². The van der Waals surface area contributed by atoms with Crippen LogP contribution in [-0.2, 0) is 11.0 Å². The van der Waals surface area contributed by atoms with Crippen molar-refractivity contribution in [2.45, 2.75) is 13.1 Å². The number of amides is 1. The molecule has 2 aromatic rings. The van der Waals surface area contributed by atoms with Crippen molar-refractivity contribution >= 4 is 17.3 Å². The molecular formula is C16H14F4N2O. The average molecular weight is 326 g/mol. The first-order valence-corrected chi connectivity index (χ1v) is 6.73. The fraction of sp³-hybridized carbons (Fsp3) is 0.188. The zero-order valence-corrected chi connectivity index (χ0v) is 12.2. The van der Waals surface area contributed by atoms with Crippen LogP contribution in [0.3, 0.4) is 0 Å². The number of carbonyl (C=O) groups excluding carboxylic acids is 1. The first-order valence-electron chi connectivity index (χ1n) is 6.73. The summed E-state index contributed by atoms with van der Waals surface area (Å²) in [6.45, 7) is 1.49. The normalized spacial score (nSPS) is 11.2. The molecule has 0 radical (unpaired) electrons. The minimum Gasteiger partial charge on any atom is -0.376 e. The molecule has 0 aromatic heterocycles. The predicted molar refractivity (Wildman–Crippen MR) is 79.7 cm³/mol. The Bertz CT molecular complexity index is 696. The highest BCUT2D eigenvalue weighted by Gasteiger charge is 2.29. The molecule has 0 aliphatic carbocycles. The number of hydrogen-bond donors (Lipinski definition) is 2. The number of benzene rings is 2. The van der Waals surface area contributed by atoms with Crippen LogP contribution in [0.1, 0.15) is 11.1 Å². The van der Waals surface area contributed by atoms with Gasteiger partial charge in [-0.1, -0.05) is 6.07 Å². The zero-order chi connectivity index (χ0) is 17.0. The lowest BCUT2D eigenvalue weighted by Crippen LogP contribution is -2.21. The van der Waals surface area contributed by atoms with E-state index < -0.39 is 23.5 Å². The SMILES string of the molecule is Cc1ccc(NCC(=O)Nc2ccc(C(F)(F)F)cc2)cc1F. The minimum absolute atomic E-state index is 0.135. The fourth-order valence-electron chi connectivity index (χ4n) is 1.83. The van der Waals surface area contributed by atoms with Crippen molar-refractivity contribution in [1.29, 1.82) is 0 Å². The van der Waals surface area contributed by atoms with E-state index in [4.69, 9.17) is 0 Å². The van der Waals surface area contributed by atoms with Crippen LogP contribution in [-0.4, -0.2) is 12.5 Å². The van der Waals surface area contributed by atoms with Gasteiger partial charge < -0.3 is 10.6 Å². The molecule has 0 aliphatic rings. The van der Waals surface area contributed by atoms with Crippen molar-refractivity contribution in [1.82, 2.24) is 0 Å². The van der Waals surface area contributed by atoms with Gasteiger partial charge in [0.05, 0.1) is 12.1 Å². The monoisotopic (exact) mass is 326 g/mol. The lowest BCUT2D eigenvalue weighted by atomic mass is 10.2. The van der Waals surface area contributed by atoms with E-state index in [1.807, 2.05) is 0 Å². The third-order valence-electron chi connectivity index (χ3n) is 3.12. The second-order valence-corrected chi connectivity index (χ2v) is 4.94. The summed E-state index contributed by atoms with van der Waals surface area (Å²) in [6, 6.07) is 8.59. The van der Waals surface area contributed by atoms with Gasteiger partial charge in [-0.25, -0.2) is 4.39 Å². The van der Waals surface area contributed by atoms with Crippen LogP contribution < -0.4 is 10.6 Å². The Labute approximate surface area is 130 Å². The van der Waals surface area contributed by atoms with Crippen LogP contribution in [0.25, 0.3) is 0 Å². The Balaban J connectivity index is 1.90. The molecule has 2 aromatic carbocycles. The molecule has 2 rings (SSSR count). The molecule has 0 bridgehead atoms. The van der Waals surface area contributed by atoms with E-state index in [9.17, 15) is 22.4 Å². The molecule has 0 atom stereocenters. The number of nitrogens with one attached hydrogen (secondary N) is 2. The molecule has 0 saturated heterocycles. The van der Waals surface area contributed by atoms with Crippen LogP contribution in [0.4, 0.5) is 28.9 Å². The molecule has 23 heavy (non-hydrogen) atoms. The first kappa shape index (κ1) is 16.8. The second-order valence-electron chi connectivity index (χ2n) is 4.94. The summed E-state index contributed by atoms with van der Waals surface area (Å²) in [5, 5.41) is 5.19. The molecule has 0 unspecified atom stereocenters. The summed E-state index contributed by atoms with van der Waals surface area (Å²) >= 11 is 0. The highest BCUT2D eigenvalue weighted by atomic mass is 19.4. The van der Waals surface area contributed by atoms with Gasteiger partial charge in [0.25, 0.3) is 0 Å². The van der Waals surface area contributed by atoms with Crippen LogP contribution in [0, 0.1) is 12.7 Å². The van der Waals surface area contributed by atoms with Gasteiger partial charge in [0.2, 0.25) is 5.91 Å². The summed E-state index contributed by atoms with van der Waals surface area (Å²) in [5.74, 6) is -0.844. The Morgan fingerprint density at radius 2 is 1.65 bits per heavy atom. The molecular weight excluding hydrogens is 312 g/mol. The lowest BCUT2D eigenvalue weighted by molar-refractivity contribution is -0.137. The van der Waals surface area contributed by atoms with Gasteiger partial charge in [0.1, 0.15) is 5.82 Å². The predicted octanol–water partition coefficient (Wildman–Crippen LogP) is 4.20. The molecule has 0 aliphatic heterocycles. The number of anilines is 2. The van der Waals surface area contributed by atoms with E-state index in [-0.39, 0.29) is 12.2 Å². The molecule has 1 amide bonds. The topological polar surface area (TPSA) is 41.1 Å². The number of halogens is 4. The third kappa shape index (κ3) is 4.70. The van der Waals surface area contributed by atoms with Crippen LogP contribution >= 0.6 is 0 Å². The van der Waals surface area contributed by atoms with Crippen molar-refractivity contribution in [2.24, 2.45) is 0 Å². The molecule has 0 spiro atoms. The number of carbonyl (C=O) groups is 1. The highest BCUT2D eigenvalue weighted by molar-refractivity contribution is 5.93. The highest BCUT2D eigenvalue weighted by Crippen LogP contribution is 2.29. The van der Waals surface area contributed by atoms with Crippen molar-refractivity contribution in [3.8, 4) is 0 Å². The Hall–Kier alpha value is -2.57. The number of rotatable bonds is 4. The summed E-state index contributed by atoms with van der Waals surface area (Å²) in [6.07, 6.45) is -4.42. The van der Waals surface area contributed by atoms with Crippen LogP contribution in [0.5, 0.6) is 0 Å². The van der Waals surface area contributed by atoms with Crippen molar-refractivity contribution in [3.63, 3.8) is 0 Å². The van der Waals surface area contributed by atoms with Gasteiger partial charge in [-0.05, 0) is 48.9 Å². The molecule has 3 nitrogen and oxygen atoms in total. The maximum Gasteiger partial charge on any atom is 0.416 e. The van der Waals surface area contributed by atoms with Gasteiger partial charge >= 0.3 is 6.18 Å². The van der Waals surface area contributed by atoms with E-state index in [1.54, 1.807) is 19.1 Å². The maximum atomic E-state index is 13.4. The fourth-order valence-corrected chi connectivity index (χ4v) is 1.83. The molecule has 7 heteroatoms. The summed E-state index contributed by atoms with van der Waals surface area (Å²) in [7, 11) is 0. The van der Waals surface area contributed by atoms with E-state index in [2.05, 4.69) is 10.6 Å². The van der Waals surface area contributed by atoms with Crippen LogP contribution in [0.15, 0.2) is 42.5 Å².